The minimum Gasteiger partial charge on any atom is -0.303 e. The molecular formula is C16H16O2. The van der Waals surface area contributed by atoms with Crippen molar-refractivity contribution in [3.8, 4) is 11.8 Å². The topological polar surface area (TPSA) is 34.1 Å². The molecule has 0 N–H and O–H groups in total. The lowest BCUT2D eigenvalue weighted by Gasteiger charge is -2.04. The van der Waals surface area contributed by atoms with Crippen molar-refractivity contribution in [1.29, 1.82) is 0 Å². The fourth-order valence-corrected chi connectivity index (χ4v) is 2.32. The normalized spacial score (nSPS) is 24.8. The standard InChI is InChI=1S/C16H16O2/c1-13(18)16(12-15(16)8-5-11-17)10-9-14-6-3-2-4-7-14/h2-4,6-7,11,15H,5,8,12H2,1H3/t15-,16+/m0/s1. The molecular weight excluding hydrogens is 224 g/mol. The molecule has 1 fully saturated rings. The predicted molar refractivity (Wildman–Crippen MR) is 69.8 cm³/mol. The molecule has 1 aromatic carbocycles. The van der Waals surface area contributed by atoms with E-state index in [1.165, 1.54) is 0 Å². The fourth-order valence-electron chi connectivity index (χ4n) is 2.32. The van der Waals surface area contributed by atoms with Crippen molar-refractivity contribution in [3.05, 3.63) is 35.9 Å². The highest BCUT2D eigenvalue weighted by Crippen LogP contribution is 2.55. The Kier molecular flexibility index (Phi) is 3.62. The molecule has 2 rings (SSSR count). The number of carbonyl (C=O) groups excluding carboxylic acids is 2. The van der Waals surface area contributed by atoms with Crippen molar-refractivity contribution in [2.45, 2.75) is 26.2 Å². The number of carbonyl (C=O) groups is 2. The zero-order chi connectivity index (χ0) is 13.0. The highest BCUT2D eigenvalue weighted by molar-refractivity contribution is 5.89. The summed E-state index contributed by atoms with van der Waals surface area (Å²) in [6.45, 7) is 1.60. The highest BCUT2D eigenvalue weighted by atomic mass is 16.1. The largest absolute Gasteiger partial charge is 0.303 e. The number of hydrogen-bond acceptors (Lipinski definition) is 2. The molecule has 0 unspecified atom stereocenters. The molecule has 1 aromatic rings. The summed E-state index contributed by atoms with van der Waals surface area (Å²) < 4.78 is 0. The predicted octanol–water partition coefficient (Wildman–Crippen LogP) is 2.61. The fraction of sp³-hybridized carbons (Fsp3) is 0.375. The number of aldehydes is 1. The lowest BCUT2D eigenvalue weighted by Crippen LogP contribution is -2.12. The van der Waals surface area contributed by atoms with Gasteiger partial charge in [-0.1, -0.05) is 30.0 Å². The molecule has 92 valence electrons. The Bertz CT molecular complexity index is 507. The summed E-state index contributed by atoms with van der Waals surface area (Å²) in [6.07, 6.45) is 3.00. The molecule has 0 radical (unpaired) electrons. The number of ketones is 1. The van der Waals surface area contributed by atoms with E-state index < -0.39 is 5.41 Å². The van der Waals surface area contributed by atoms with Crippen molar-refractivity contribution in [2.75, 3.05) is 0 Å². The van der Waals surface area contributed by atoms with Crippen LogP contribution in [0.15, 0.2) is 30.3 Å². The molecule has 0 spiro atoms. The van der Waals surface area contributed by atoms with Gasteiger partial charge in [-0.15, -0.1) is 0 Å². The lowest BCUT2D eigenvalue weighted by atomic mass is 9.97. The minimum atomic E-state index is -0.487. The summed E-state index contributed by atoms with van der Waals surface area (Å²) in [5.74, 6) is 6.59. The SMILES string of the molecule is CC(=O)[C@@]1(C#Cc2ccccc2)C[C@@H]1CCC=O. The third-order valence-electron chi connectivity index (χ3n) is 3.57. The van der Waals surface area contributed by atoms with Gasteiger partial charge in [0.2, 0.25) is 0 Å². The monoisotopic (exact) mass is 240 g/mol. The lowest BCUT2D eigenvalue weighted by molar-refractivity contribution is -0.120. The average Bonchev–Trinajstić information content (AvgIpc) is 3.10. The van der Waals surface area contributed by atoms with Gasteiger partial charge in [0, 0.05) is 12.0 Å². The molecule has 0 saturated heterocycles. The summed E-state index contributed by atoms with van der Waals surface area (Å²) in [4.78, 5) is 22.1. The molecule has 1 aliphatic rings. The second-order valence-electron chi connectivity index (χ2n) is 4.79. The number of hydrogen-bond donors (Lipinski definition) is 0. The highest BCUT2D eigenvalue weighted by Gasteiger charge is 2.56. The molecule has 18 heavy (non-hydrogen) atoms. The summed E-state index contributed by atoms with van der Waals surface area (Å²) in [7, 11) is 0. The summed E-state index contributed by atoms with van der Waals surface area (Å²) in [5.41, 5.74) is 0.443. The minimum absolute atomic E-state index is 0.127. The van der Waals surface area contributed by atoms with Gasteiger partial charge in [0.1, 0.15) is 12.1 Å². The maximum Gasteiger partial charge on any atom is 0.148 e. The van der Waals surface area contributed by atoms with E-state index in [2.05, 4.69) is 11.8 Å². The summed E-state index contributed by atoms with van der Waals surface area (Å²) in [5, 5.41) is 0. The zero-order valence-corrected chi connectivity index (χ0v) is 10.5. The van der Waals surface area contributed by atoms with Gasteiger partial charge in [0.05, 0.1) is 5.41 Å². The van der Waals surface area contributed by atoms with Crippen LogP contribution >= 0.6 is 0 Å². The van der Waals surface area contributed by atoms with Crippen molar-refractivity contribution in [2.24, 2.45) is 11.3 Å². The second kappa shape index (κ2) is 5.18. The first kappa shape index (κ1) is 12.6. The molecule has 2 heteroatoms. The maximum absolute atomic E-state index is 11.7. The van der Waals surface area contributed by atoms with E-state index in [0.29, 0.717) is 6.42 Å². The molecule has 0 aromatic heterocycles. The molecule has 0 heterocycles. The van der Waals surface area contributed by atoms with Crippen LogP contribution in [0.2, 0.25) is 0 Å². The van der Waals surface area contributed by atoms with Gasteiger partial charge < -0.3 is 4.79 Å². The Labute approximate surface area is 107 Å². The Hall–Kier alpha value is -1.88. The van der Waals surface area contributed by atoms with Gasteiger partial charge in [-0.25, -0.2) is 0 Å². The summed E-state index contributed by atoms with van der Waals surface area (Å²) >= 11 is 0. The van der Waals surface area contributed by atoms with Crippen molar-refractivity contribution in [1.82, 2.24) is 0 Å². The first-order valence-corrected chi connectivity index (χ1v) is 6.22. The van der Waals surface area contributed by atoms with Crippen LogP contribution in [0.5, 0.6) is 0 Å². The van der Waals surface area contributed by atoms with Crippen molar-refractivity contribution < 1.29 is 9.59 Å². The van der Waals surface area contributed by atoms with Crippen LogP contribution in [0.4, 0.5) is 0 Å². The van der Waals surface area contributed by atoms with Gasteiger partial charge >= 0.3 is 0 Å². The van der Waals surface area contributed by atoms with Crippen LogP contribution in [0, 0.1) is 23.2 Å². The Morgan fingerprint density at radius 1 is 1.44 bits per heavy atom. The van der Waals surface area contributed by atoms with Crippen LogP contribution in [0.1, 0.15) is 31.7 Å². The van der Waals surface area contributed by atoms with Gasteiger partial charge in [-0.05, 0) is 37.8 Å². The molecule has 0 aliphatic heterocycles. The molecule has 0 amide bonds. The van der Waals surface area contributed by atoms with Gasteiger partial charge in [0.25, 0.3) is 0 Å². The summed E-state index contributed by atoms with van der Waals surface area (Å²) in [6, 6.07) is 9.67. The first-order chi connectivity index (χ1) is 8.69. The van der Waals surface area contributed by atoms with Crippen LogP contribution in [-0.4, -0.2) is 12.1 Å². The first-order valence-electron chi connectivity index (χ1n) is 6.22. The molecule has 1 saturated carbocycles. The van der Waals surface area contributed by atoms with Crippen molar-refractivity contribution in [3.63, 3.8) is 0 Å². The van der Waals surface area contributed by atoms with E-state index in [1.54, 1.807) is 6.92 Å². The van der Waals surface area contributed by atoms with Crippen LogP contribution < -0.4 is 0 Å². The van der Waals surface area contributed by atoms with Gasteiger partial charge in [0.15, 0.2) is 0 Å². The molecule has 2 nitrogen and oxygen atoms in total. The quantitative estimate of drug-likeness (QED) is 0.599. The molecule has 1 aliphatic carbocycles. The second-order valence-corrected chi connectivity index (χ2v) is 4.79. The number of rotatable bonds is 4. The van der Waals surface area contributed by atoms with E-state index in [4.69, 9.17) is 0 Å². The van der Waals surface area contributed by atoms with E-state index in [0.717, 1.165) is 24.7 Å². The number of Topliss-reactive ketones (excluding diaryl/α,β-unsaturated/α-hetero) is 1. The van der Waals surface area contributed by atoms with E-state index >= 15 is 0 Å². The average molecular weight is 240 g/mol. The smallest absolute Gasteiger partial charge is 0.148 e. The molecule has 2 atom stereocenters. The zero-order valence-electron chi connectivity index (χ0n) is 10.5. The number of benzene rings is 1. The van der Waals surface area contributed by atoms with Crippen molar-refractivity contribution >= 4 is 12.1 Å². The Morgan fingerprint density at radius 3 is 2.78 bits per heavy atom. The van der Waals surface area contributed by atoms with Crippen LogP contribution in [0.3, 0.4) is 0 Å². The Balaban J connectivity index is 2.13. The van der Waals surface area contributed by atoms with E-state index in [9.17, 15) is 9.59 Å². The van der Waals surface area contributed by atoms with Crippen LogP contribution in [0.25, 0.3) is 0 Å². The van der Waals surface area contributed by atoms with E-state index in [-0.39, 0.29) is 11.7 Å². The van der Waals surface area contributed by atoms with Crippen LogP contribution in [-0.2, 0) is 9.59 Å². The van der Waals surface area contributed by atoms with Gasteiger partial charge in [-0.2, -0.15) is 0 Å². The Morgan fingerprint density at radius 2 is 2.17 bits per heavy atom. The maximum atomic E-state index is 11.7. The molecule has 0 bridgehead atoms. The third kappa shape index (κ3) is 2.51. The van der Waals surface area contributed by atoms with Gasteiger partial charge in [-0.3, -0.25) is 4.79 Å². The third-order valence-corrected chi connectivity index (χ3v) is 3.57. The van der Waals surface area contributed by atoms with E-state index in [1.807, 2.05) is 30.3 Å².